The Hall–Kier alpha value is -1.56. The van der Waals surface area contributed by atoms with Gasteiger partial charge in [-0.15, -0.1) is 0 Å². The fourth-order valence-corrected chi connectivity index (χ4v) is 1.70. The Labute approximate surface area is 107 Å². The molecule has 1 unspecified atom stereocenters. The van der Waals surface area contributed by atoms with Crippen molar-refractivity contribution < 1.29 is 9.90 Å². The van der Waals surface area contributed by atoms with Gasteiger partial charge < -0.3 is 16.2 Å². The van der Waals surface area contributed by atoms with Gasteiger partial charge in [-0.3, -0.25) is 9.48 Å². The van der Waals surface area contributed by atoms with E-state index in [1.54, 1.807) is 11.6 Å². The largest absolute Gasteiger partial charge is 0.395 e. The molecule has 18 heavy (non-hydrogen) atoms. The van der Waals surface area contributed by atoms with Gasteiger partial charge >= 0.3 is 0 Å². The molecule has 0 aliphatic heterocycles. The fraction of sp³-hybridized carbons (Fsp3) is 0.667. The van der Waals surface area contributed by atoms with Crippen LogP contribution < -0.4 is 11.1 Å². The first-order valence-electron chi connectivity index (χ1n) is 6.30. The van der Waals surface area contributed by atoms with E-state index in [2.05, 4.69) is 10.4 Å². The van der Waals surface area contributed by atoms with Gasteiger partial charge in [-0.1, -0.05) is 6.92 Å². The van der Waals surface area contributed by atoms with Crippen LogP contribution in [0.4, 0.5) is 5.69 Å². The lowest BCUT2D eigenvalue weighted by molar-refractivity contribution is 0.0932. The summed E-state index contributed by atoms with van der Waals surface area (Å²) in [5.41, 5.74) is 7.33. The van der Waals surface area contributed by atoms with Crippen LogP contribution in [-0.4, -0.2) is 33.4 Å². The standard InChI is InChI=1S/C12H22N4O2/c1-4-9(17)6-7-14-12(18)11-10(13)8(3)15-16(11)5-2/h9,17H,4-7,13H2,1-3H3,(H,14,18). The second-order valence-electron chi connectivity index (χ2n) is 4.27. The average Bonchev–Trinajstić information content (AvgIpc) is 2.64. The maximum Gasteiger partial charge on any atom is 0.271 e. The topological polar surface area (TPSA) is 93.2 Å². The molecule has 1 rings (SSSR count). The van der Waals surface area contributed by atoms with Crippen molar-refractivity contribution in [1.29, 1.82) is 0 Å². The summed E-state index contributed by atoms with van der Waals surface area (Å²) in [5.74, 6) is -0.238. The van der Waals surface area contributed by atoms with E-state index in [9.17, 15) is 9.90 Å². The van der Waals surface area contributed by atoms with Crippen LogP contribution in [0, 0.1) is 6.92 Å². The molecule has 0 spiro atoms. The molecule has 0 aliphatic carbocycles. The number of nitrogens with one attached hydrogen (secondary N) is 1. The van der Waals surface area contributed by atoms with Crippen molar-refractivity contribution in [3.63, 3.8) is 0 Å². The number of carbonyl (C=O) groups is 1. The minimum atomic E-state index is -0.375. The number of hydrogen-bond donors (Lipinski definition) is 3. The second kappa shape index (κ2) is 6.39. The molecule has 6 nitrogen and oxygen atoms in total. The predicted octanol–water partition coefficient (Wildman–Crippen LogP) is 0.684. The molecule has 0 saturated carbocycles. The van der Waals surface area contributed by atoms with E-state index in [0.717, 1.165) is 0 Å². The van der Waals surface area contributed by atoms with Gasteiger partial charge in [0, 0.05) is 13.1 Å². The number of aliphatic hydroxyl groups excluding tert-OH is 1. The molecule has 0 aromatic carbocycles. The third-order valence-corrected chi connectivity index (χ3v) is 2.92. The van der Waals surface area contributed by atoms with Gasteiger partial charge in [-0.25, -0.2) is 0 Å². The molecule has 0 aliphatic rings. The Bertz CT molecular complexity index is 414. The number of amides is 1. The molecule has 1 aromatic heterocycles. The molecular formula is C12H22N4O2. The zero-order valence-corrected chi connectivity index (χ0v) is 11.2. The highest BCUT2D eigenvalue weighted by atomic mass is 16.3. The Kier molecular flexibility index (Phi) is 5.15. The highest BCUT2D eigenvalue weighted by molar-refractivity contribution is 5.97. The molecule has 0 fully saturated rings. The number of carbonyl (C=O) groups excluding carboxylic acids is 1. The molecule has 4 N–H and O–H groups in total. The summed E-state index contributed by atoms with van der Waals surface area (Å²) in [6, 6.07) is 0. The normalized spacial score (nSPS) is 12.4. The molecule has 1 heterocycles. The van der Waals surface area contributed by atoms with Crippen LogP contribution in [0.2, 0.25) is 0 Å². The number of rotatable bonds is 6. The second-order valence-corrected chi connectivity index (χ2v) is 4.27. The number of aliphatic hydroxyl groups is 1. The van der Waals surface area contributed by atoms with E-state index in [-0.39, 0.29) is 12.0 Å². The summed E-state index contributed by atoms with van der Waals surface area (Å²) >= 11 is 0. The highest BCUT2D eigenvalue weighted by Crippen LogP contribution is 2.16. The van der Waals surface area contributed by atoms with E-state index >= 15 is 0 Å². The van der Waals surface area contributed by atoms with Gasteiger partial charge in [0.2, 0.25) is 0 Å². The molecule has 0 radical (unpaired) electrons. The number of anilines is 1. The quantitative estimate of drug-likeness (QED) is 0.696. The van der Waals surface area contributed by atoms with Crippen LogP contribution >= 0.6 is 0 Å². The maximum atomic E-state index is 12.0. The molecule has 1 atom stereocenters. The molecule has 1 aromatic rings. The Morgan fingerprint density at radius 3 is 2.78 bits per heavy atom. The highest BCUT2D eigenvalue weighted by Gasteiger charge is 2.18. The van der Waals surface area contributed by atoms with Crippen LogP contribution in [0.25, 0.3) is 0 Å². The summed E-state index contributed by atoms with van der Waals surface area (Å²) < 4.78 is 1.59. The summed E-state index contributed by atoms with van der Waals surface area (Å²) in [5, 5.41) is 16.4. The zero-order valence-electron chi connectivity index (χ0n) is 11.2. The van der Waals surface area contributed by atoms with Gasteiger partial charge in [-0.05, 0) is 26.7 Å². The average molecular weight is 254 g/mol. The van der Waals surface area contributed by atoms with Gasteiger partial charge in [0.05, 0.1) is 17.5 Å². The number of hydrogen-bond acceptors (Lipinski definition) is 4. The number of nitrogens with zero attached hydrogens (tertiary/aromatic N) is 2. The lowest BCUT2D eigenvalue weighted by Gasteiger charge is -2.10. The van der Waals surface area contributed by atoms with Crippen LogP contribution in [0.15, 0.2) is 0 Å². The van der Waals surface area contributed by atoms with Crippen molar-refractivity contribution in [2.24, 2.45) is 0 Å². The minimum Gasteiger partial charge on any atom is -0.395 e. The monoisotopic (exact) mass is 254 g/mol. The third kappa shape index (κ3) is 3.22. The van der Waals surface area contributed by atoms with Crippen LogP contribution in [0.3, 0.4) is 0 Å². The number of aromatic nitrogens is 2. The summed E-state index contributed by atoms with van der Waals surface area (Å²) in [6.07, 6.45) is 0.853. The molecule has 0 saturated heterocycles. The van der Waals surface area contributed by atoms with Gasteiger partial charge in [0.1, 0.15) is 5.69 Å². The van der Waals surface area contributed by atoms with E-state index < -0.39 is 0 Å². The molecule has 6 heteroatoms. The van der Waals surface area contributed by atoms with Gasteiger partial charge in [0.25, 0.3) is 5.91 Å². The van der Waals surface area contributed by atoms with E-state index in [1.165, 1.54) is 0 Å². The van der Waals surface area contributed by atoms with E-state index in [0.29, 0.717) is 43.0 Å². The first-order valence-corrected chi connectivity index (χ1v) is 6.30. The maximum absolute atomic E-state index is 12.0. The number of nitrogens with two attached hydrogens (primary N) is 1. The lowest BCUT2D eigenvalue weighted by Crippen LogP contribution is -2.29. The van der Waals surface area contributed by atoms with Crippen molar-refractivity contribution >= 4 is 11.6 Å². The molecule has 1 amide bonds. The first kappa shape index (κ1) is 14.5. The number of aryl methyl sites for hydroxylation is 2. The van der Waals surface area contributed by atoms with Crippen LogP contribution in [0.5, 0.6) is 0 Å². The van der Waals surface area contributed by atoms with Crippen LogP contribution in [0.1, 0.15) is 42.9 Å². The number of nitrogen functional groups attached to an aromatic ring is 1. The predicted molar refractivity (Wildman–Crippen MR) is 70.3 cm³/mol. The third-order valence-electron chi connectivity index (χ3n) is 2.92. The summed E-state index contributed by atoms with van der Waals surface area (Å²) in [6.45, 7) is 6.61. The smallest absolute Gasteiger partial charge is 0.271 e. The van der Waals surface area contributed by atoms with Crippen molar-refractivity contribution in [3.8, 4) is 0 Å². The van der Waals surface area contributed by atoms with Gasteiger partial charge in [-0.2, -0.15) is 5.10 Å². The van der Waals surface area contributed by atoms with Crippen LogP contribution in [-0.2, 0) is 6.54 Å². The Morgan fingerprint density at radius 2 is 2.22 bits per heavy atom. The summed E-state index contributed by atoms with van der Waals surface area (Å²) in [7, 11) is 0. The fourth-order valence-electron chi connectivity index (χ4n) is 1.70. The SMILES string of the molecule is CCC(O)CCNC(=O)c1c(N)c(C)nn1CC. The van der Waals surface area contributed by atoms with E-state index in [1.807, 2.05) is 13.8 Å². The first-order chi connectivity index (χ1) is 8.51. The molecule has 0 bridgehead atoms. The Morgan fingerprint density at radius 1 is 1.56 bits per heavy atom. The molecule has 102 valence electrons. The zero-order chi connectivity index (χ0) is 13.7. The van der Waals surface area contributed by atoms with Gasteiger partial charge in [0.15, 0.2) is 0 Å². The summed E-state index contributed by atoms with van der Waals surface area (Å²) in [4.78, 5) is 12.0. The molecular weight excluding hydrogens is 232 g/mol. The van der Waals surface area contributed by atoms with E-state index in [4.69, 9.17) is 5.73 Å². The van der Waals surface area contributed by atoms with Crippen molar-refractivity contribution in [3.05, 3.63) is 11.4 Å². The van der Waals surface area contributed by atoms with Crippen molar-refractivity contribution in [1.82, 2.24) is 15.1 Å². The van der Waals surface area contributed by atoms with Crippen molar-refractivity contribution in [2.45, 2.75) is 46.3 Å². The Balaban J connectivity index is 2.67. The lowest BCUT2D eigenvalue weighted by atomic mass is 10.2. The minimum absolute atomic E-state index is 0.238. The van der Waals surface area contributed by atoms with Crippen molar-refractivity contribution in [2.75, 3.05) is 12.3 Å².